The Morgan fingerprint density at radius 1 is 1.34 bits per heavy atom. The van der Waals surface area contributed by atoms with Crippen LogP contribution in [-0.4, -0.2) is 48.4 Å². The number of nitrogens with one attached hydrogen (secondary N) is 1. The average molecular weight is 554 g/mol. The van der Waals surface area contributed by atoms with Crippen molar-refractivity contribution in [2.45, 2.75) is 32.9 Å². The lowest BCUT2D eigenvalue weighted by Gasteiger charge is -2.33. The van der Waals surface area contributed by atoms with Gasteiger partial charge in [-0.1, -0.05) is 18.2 Å². The predicted octanol–water partition coefficient (Wildman–Crippen LogP) is 3.14. The van der Waals surface area contributed by atoms with Crippen molar-refractivity contribution in [1.82, 2.24) is 15.2 Å². The van der Waals surface area contributed by atoms with Gasteiger partial charge in [0.15, 0.2) is 5.96 Å². The molecule has 2 aromatic rings. The van der Waals surface area contributed by atoms with E-state index in [2.05, 4.69) is 15.2 Å². The summed E-state index contributed by atoms with van der Waals surface area (Å²) in [4.78, 5) is 25.2. The van der Waals surface area contributed by atoms with Crippen molar-refractivity contribution in [3.05, 3.63) is 59.5 Å². The van der Waals surface area contributed by atoms with Gasteiger partial charge in [0.05, 0.1) is 12.5 Å². The molecular formula is C23H32FIN6O. The van der Waals surface area contributed by atoms with E-state index in [0.29, 0.717) is 19.6 Å². The Balaban J connectivity index is 0.00000363. The first kappa shape index (κ1) is 25.8. The van der Waals surface area contributed by atoms with Crippen LogP contribution in [0.5, 0.6) is 0 Å². The lowest BCUT2D eigenvalue weighted by atomic mass is 9.97. The molecule has 0 radical (unpaired) electrons. The molecule has 3 rings (SSSR count). The number of anilines is 1. The van der Waals surface area contributed by atoms with Crippen LogP contribution >= 0.6 is 24.0 Å². The third kappa shape index (κ3) is 7.04. The van der Waals surface area contributed by atoms with Gasteiger partial charge in [-0.05, 0) is 43.5 Å². The highest BCUT2D eigenvalue weighted by Gasteiger charge is 2.26. The fourth-order valence-corrected chi connectivity index (χ4v) is 3.81. The Bertz CT molecular complexity index is 908. The molecule has 3 N–H and O–H groups in total. The van der Waals surface area contributed by atoms with Crippen LogP contribution in [0.3, 0.4) is 0 Å². The van der Waals surface area contributed by atoms with Gasteiger partial charge in [0.1, 0.15) is 11.6 Å². The van der Waals surface area contributed by atoms with E-state index >= 15 is 0 Å². The summed E-state index contributed by atoms with van der Waals surface area (Å²) in [5.41, 5.74) is 7.54. The number of hydrogen-bond donors (Lipinski definition) is 2. The Hall–Kier alpha value is -2.43. The number of carbonyl (C=O) groups excluding carboxylic acids is 1. The summed E-state index contributed by atoms with van der Waals surface area (Å²) in [6.07, 6.45) is 3.50. The van der Waals surface area contributed by atoms with Gasteiger partial charge >= 0.3 is 0 Å². The largest absolute Gasteiger partial charge is 0.369 e. The quantitative estimate of drug-likeness (QED) is 0.312. The summed E-state index contributed by atoms with van der Waals surface area (Å²) in [7, 11) is 1.96. The molecule has 2 heterocycles. The standard InChI is InChI=1S/C23H31FN6O.HI/c1-3-26-23(29(2)15-17-8-10-20(24)11-9-17)28-14-18-6-4-12-27-22(18)30-13-5-7-19(16-30)21(25)31;/h4,6,8-12,19H,3,5,7,13-16H2,1-2H3,(H2,25,31)(H,26,28);1H. The van der Waals surface area contributed by atoms with Gasteiger partial charge < -0.3 is 20.9 Å². The Labute approximate surface area is 206 Å². The summed E-state index contributed by atoms with van der Waals surface area (Å²) in [6, 6.07) is 10.4. The van der Waals surface area contributed by atoms with Gasteiger partial charge in [-0.3, -0.25) is 4.79 Å². The minimum absolute atomic E-state index is 0. The SMILES string of the molecule is CCNC(=NCc1cccnc1N1CCCC(C(N)=O)C1)N(C)Cc1ccc(F)cc1.I. The van der Waals surface area contributed by atoms with Crippen molar-refractivity contribution >= 4 is 41.7 Å². The van der Waals surface area contributed by atoms with Gasteiger partial charge in [-0.15, -0.1) is 24.0 Å². The van der Waals surface area contributed by atoms with Gasteiger partial charge in [0.25, 0.3) is 0 Å². The average Bonchev–Trinajstić information content (AvgIpc) is 2.78. The fourth-order valence-electron chi connectivity index (χ4n) is 3.81. The van der Waals surface area contributed by atoms with E-state index in [1.807, 2.05) is 31.0 Å². The maximum Gasteiger partial charge on any atom is 0.222 e. The second-order valence-corrected chi connectivity index (χ2v) is 7.83. The van der Waals surface area contributed by atoms with Gasteiger partial charge in [-0.2, -0.15) is 0 Å². The molecule has 1 unspecified atom stereocenters. The van der Waals surface area contributed by atoms with Crippen molar-refractivity contribution < 1.29 is 9.18 Å². The lowest BCUT2D eigenvalue weighted by Crippen LogP contribution is -2.42. The van der Waals surface area contributed by atoms with Crippen LogP contribution in [0.1, 0.15) is 30.9 Å². The van der Waals surface area contributed by atoms with Gasteiger partial charge in [-0.25, -0.2) is 14.4 Å². The molecular weight excluding hydrogens is 522 g/mol. The van der Waals surface area contributed by atoms with Crippen LogP contribution in [-0.2, 0) is 17.9 Å². The highest BCUT2D eigenvalue weighted by molar-refractivity contribution is 14.0. The maximum atomic E-state index is 13.2. The zero-order chi connectivity index (χ0) is 22.2. The van der Waals surface area contributed by atoms with E-state index in [9.17, 15) is 9.18 Å². The molecule has 7 nitrogen and oxygen atoms in total. The van der Waals surface area contributed by atoms with Gasteiger partial charge in [0, 0.05) is 45.0 Å². The summed E-state index contributed by atoms with van der Waals surface area (Å²) in [5.74, 6) is 0.972. The third-order valence-electron chi connectivity index (χ3n) is 5.42. The van der Waals surface area contributed by atoms with Crippen molar-refractivity contribution in [2.75, 3.05) is 31.6 Å². The molecule has 9 heteroatoms. The van der Waals surface area contributed by atoms with Crippen LogP contribution in [0, 0.1) is 11.7 Å². The number of nitrogens with zero attached hydrogens (tertiary/aromatic N) is 4. The molecule has 0 saturated carbocycles. The van der Waals surface area contributed by atoms with Crippen LogP contribution in [0.25, 0.3) is 0 Å². The molecule has 1 saturated heterocycles. The molecule has 1 atom stereocenters. The molecule has 1 aliphatic rings. The highest BCUT2D eigenvalue weighted by Crippen LogP contribution is 2.25. The minimum atomic E-state index is -0.253. The number of rotatable bonds is 7. The Kier molecular flexibility index (Phi) is 10.1. The minimum Gasteiger partial charge on any atom is -0.369 e. The second kappa shape index (κ2) is 12.6. The lowest BCUT2D eigenvalue weighted by molar-refractivity contribution is -0.122. The normalized spacial score (nSPS) is 16.3. The van der Waals surface area contributed by atoms with E-state index in [4.69, 9.17) is 10.7 Å². The van der Waals surface area contributed by atoms with E-state index < -0.39 is 0 Å². The number of piperidine rings is 1. The molecule has 32 heavy (non-hydrogen) atoms. The third-order valence-corrected chi connectivity index (χ3v) is 5.42. The first-order valence-corrected chi connectivity index (χ1v) is 10.7. The number of aliphatic imine (C=N–C) groups is 1. The molecule has 174 valence electrons. The number of pyridine rings is 1. The van der Waals surface area contributed by atoms with E-state index in [1.54, 1.807) is 18.3 Å². The molecule has 1 fully saturated rings. The number of guanidine groups is 1. The van der Waals surface area contributed by atoms with Crippen LogP contribution in [0.4, 0.5) is 10.2 Å². The molecule has 0 spiro atoms. The number of benzene rings is 1. The maximum absolute atomic E-state index is 13.2. The monoisotopic (exact) mass is 554 g/mol. The Morgan fingerprint density at radius 3 is 2.78 bits per heavy atom. The first-order chi connectivity index (χ1) is 15.0. The van der Waals surface area contributed by atoms with E-state index in [1.165, 1.54) is 12.1 Å². The summed E-state index contributed by atoms with van der Waals surface area (Å²) in [6.45, 7) is 5.26. The van der Waals surface area contributed by atoms with Crippen LogP contribution in [0.15, 0.2) is 47.6 Å². The fraction of sp³-hybridized carbons (Fsp3) is 0.435. The highest BCUT2D eigenvalue weighted by atomic mass is 127. The second-order valence-electron chi connectivity index (χ2n) is 7.83. The zero-order valence-electron chi connectivity index (χ0n) is 18.6. The Morgan fingerprint density at radius 2 is 2.09 bits per heavy atom. The van der Waals surface area contributed by atoms with Crippen molar-refractivity contribution in [3.8, 4) is 0 Å². The van der Waals surface area contributed by atoms with Crippen molar-refractivity contribution in [3.63, 3.8) is 0 Å². The van der Waals surface area contributed by atoms with Gasteiger partial charge in [0.2, 0.25) is 5.91 Å². The van der Waals surface area contributed by atoms with Crippen molar-refractivity contribution in [2.24, 2.45) is 16.6 Å². The number of hydrogen-bond acceptors (Lipinski definition) is 4. The number of amides is 1. The number of aromatic nitrogens is 1. The number of halogens is 2. The molecule has 1 aliphatic heterocycles. The molecule has 1 aromatic carbocycles. The summed E-state index contributed by atoms with van der Waals surface area (Å²) < 4.78 is 13.2. The first-order valence-electron chi connectivity index (χ1n) is 10.7. The van der Waals surface area contributed by atoms with Crippen molar-refractivity contribution in [1.29, 1.82) is 0 Å². The van der Waals surface area contributed by atoms with Crippen LogP contribution in [0.2, 0.25) is 0 Å². The molecule has 0 bridgehead atoms. The number of primary amides is 1. The zero-order valence-corrected chi connectivity index (χ0v) is 21.0. The summed E-state index contributed by atoms with van der Waals surface area (Å²) >= 11 is 0. The van der Waals surface area contributed by atoms with Crippen LogP contribution < -0.4 is 16.0 Å². The van der Waals surface area contributed by atoms with E-state index in [0.717, 1.165) is 48.8 Å². The number of nitrogens with two attached hydrogens (primary N) is 1. The molecule has 1 amide bonds. The smallest absolute Gasteiger partial charge is 0.222 e. The number of carbonyl (C=O) groups is 1. The topological polar surface area (TPSA) is 86.9 Å². The molecule has 0 aliphatic carbocycles. The predicted molar refractivity (Wildman–Crippen MR) is 136 cm³/mol. The summed E-state index contributed by atoms with van der Waals surface area (Å²) in [5, 5.41) is 3.31. The molecule has 1 aromatic heterocycles. The van der Waals surface area contributed by atoms with E-state index in [-0.39, 0.29) is 41.6 Å².